The molecule has 0 radical (unpaired) electrons. The van der Waals surface area contributed by atoms with Gasteiger partial charge in [-0.15, -0.1) is 0 Å². The van der Waals surface area contributed by atoms with E-state index in [0.717, 1.165) is 24.1 Å². The Kier molecular flexibility index (Phi) is 5.25. The molecule has 1 aliphatic rings. The molecular weight excluding hydrogens is 304 g/mol. The van der Waals surface area contributed by atoms with E-state index >= 15 is 0 Å². The van der Waals surface area contributed by atoms with Crippen molar-refractivity contribution in [3.8, 4) is 0 Å². The number of hydrogen-bond donors (Lipinski definition) is 1. The molecule has 1 unspecified atom stereocenters. The van der Waals surface area contributed by atoms with Crippen LogP contribution >= 0.6 is 15.9 Å². The molecule has 0 bridgehead atoms. The number of benzene rings is 1. The van der Waals surface area contributed by atoms with Gasteiger partial charge in [0.1, 0.15) is 0 Å². The van der Waals surface area contributed by atoms with Crippen molar-refractivity contribution in [3.63, 3.8) is 0 Å². The van der Waals surface area contributed by atoms with Gasteiger partial charge in [-0.3, -0.25) is 4.90 Å². The Hall–Kier alpha value is -0.580. The van der Waals surface area contributed by atoms with E-state index in [9.17, 15) is 0 Å². The average molecular weight is 327 g/mol. The Morgan fingerprint density at radius 1 is 1.47 bits per heavy atom. The number of hydrogen-bond acceptors (Lipinski definition) is 3. The molecule has 1 heterocycles. The fourth-order valence-corrected chi connectivity index (χ4v) is 3.02. The molecule has 0 spiro atoms. The van der Waals surface area contributed by atoms with Crippen LogP contribution in [0.2, 0.25) is 0 Å². The Morgan fingerprint density at radius 2 is 2.32 bits per heavy atom. The summed E-state index contributed by atoms with van der Waals surface area (Å²) in [7, 11) is 1.82. The zero-order valence-corrected chi connectivity index (χ0v) is 13.4. The number of piperidine rings is 1. The molecule has 1 saturated heterocycles. The van der Waals surface area contributed by atoms with Crippen LogP contribution in [0.5, 0.6) is 0 Å². The highest BCUT2D eigenvalue weighted by atomic mass is 79.9. The molecule has 1 N–H and O–H groups in total. The van der Waals surface area contributed by atoms with Gasteiger partial charge in [0.2, 0.25) is 0 Å². The van der Waals surface area contributed by atoms with Crippen molar-refractivity contribution in [3.05, 3.63) is 28.7 Å². The molecule has 0 aromatic heterocycles. The van der Waals surface area contributed by atoms with Crippen LogP contribution in [0.3, 0.4) is 0 Å². The summed E-state index contributed by atoms with van der Waals surface area (Å²) in [5, 5.41) is 3.47. The largest absolute Gasteiger partial charge is 0.384 e. The Balaban J connectivity index is 1.76. The van der Waals surface area contributed by atoms with Crippen LogP contribution in [0, 0.1) is 0 Å². The first-order valence-corrected chi connectivity index (χ1v) is 7.68. The summed E-state index contributed by atoms with van der Waals surface area (Å²) < 4.78 is 6.73. The fraction of sp³-hybridized carbons (Fsp3) is 0.600. The van der Waals surface area contributed by atoms with Gasteiger partial charge in [-0.05, 0) is 44.5 Å². The maximum Gasteiger partial charge on any atom is 0.0777 e. The first-order chi connectivity index (χ1) is 9.11. The number of ether oxygens (including phenoxy) is 1. The fourth-order valence-electron chi connectivity index (χ4n) is 2.62. The molecule has 1 aromatic carbocycles. The molecule has 1 atom stereocenters. The van der Waals surface area contributed by atoms with Crippen LogP contribution in [0.4, 0.5) is 5.69 Å². The van der Waals surface area contributed by atoms with Crippen molar-refractivity contribution in [2.24, 2.45) is 0 Å². The Labute approximate surface area is 124 Å². The van der Waals surface area contributed by atoms with Gasteiger partial charge >= 0.3 is 0 Å². The SMILES string of the molecule is COC1(C)CCCN(CCNc2cccc(Br)c2)C1. The highest BCUT2D eigenvalue weighted by Crippen LogP contribution is 2.23. The number of anilines is 1. The van der Waals surface area contributed by atoms with E-state index in [1.165, 1.54) is 25.1 Å². The number of nitrogens with zero attached hydrogens (tertiary/aromatic N) is 1. The molecule has 106 valence electrons. The van der Waals surface area contributed by atoms with E-state index < -0.39 is 0 Å². The van der Waals surface area contributed by atoms with E-state index in [0.29, 0.717) is 0 Å². The molecular formula is C15H23BrN2O. The highest BCUT2D eigenvalue weighted by molar-refractivity contribution is 9.10. The summed E-state index contributed by atoms with van der Waals surface area (Å²) >= 11 is 3.49. The Bertz CT molecular complexity index is 413. The van der Waals surface area contributed by atoms with E-state index in [2.05, 4.69) is 51.3 Å². The average Bonchev–Trinajstić information content (AvgIpc) is 2.39. The number of methoxy groups -OCH3 is 1. The molecule has 3 nitrogen and oxygen atoms in total. The van der Waals surface area contributed by atoms with Gasteiger partial charge in [0, 0.05) is 36.9 Å². The lowest BCUT2D eigenvalue weighted by molar-refractivity contribution is -0.0496. The smallest absolute Gasteiger partial charge is 0.0777 e. The maximum atomic E-state index is 5.62. The second-order valence-electron chi connectivity index (χ2n) is 5.47. The normalized spacial score (nSPS) is 24.4. The molecule has 2 rings (SSSR count). The minimum atomic E-state index is 0.0357. The van der Waals surface area contributed by atoms with Gasteiger partial charge in [-0.25, -0.2) is 0 Å². The predicted molar refractivity (Wildman–Crippen MR) is 83.7 cm³/mol. The van der Waals surface area contributed by atoms with Crippen molar-refractivity contribution in [1.29, 1.82) is 0 Å². The number of rotatable bonds is 5. The molecule has 4 heteroatoms. The van der Waals surface area contributed by atoms with Crippen LogP contribution in [-0.4, -0.2) is 43.8 Å². The van der Waals surface area contributed by atoms with E-state index in [-0.39, 0.29) is 5.60 Å². The summed E-state index contributed by atoms with van der Waals surface area (Å²) in [5.74, 6) is 0. The third kappa shape index (κ3) is 4.48. The number of halogens is 1. The van der Waals surface area contributed by atoms with Crippen LogP contribution in [-0.2, 0) is 4.74 Å². The zero-order valence-electron chi connectivity index (χ0n) is 11.8. The maximum absolute atomic E-state index is 5.62. The quantitative estimate of drug-likeness (QED) is 0.897. The molecule has 0 aliphatic carbocycles. The molecule has 0 amide bonds. The first kappa shape index (κ1) is 14.8. The van der Waals surface area contributed by atoms with Gasteiger partial charge in [0.25, 0.3) is 0 Å². The lowest BCUT2D eigenvalue weighted by Gasteiger charge is -2.39. The number of likely N-dealkylation sites (tertiary alicyclic amines) is 1. The van der Waals surface area contributed by atoms with Gasteiger partial charge in [0.15, 0.2) is 0 Å². The molecule has 1 aromatic rings. The summed E-state index contributed by atoms with van der Waals surface area (Å²) in [4.78, 5) is 2.48. The minimum Gasteiger partial charge on any atom is -0.384 e. The lowest BCUT2D eigenvalue weighted by Crippen LogP contribution is -2.48. The number of nitrogens with one attached hydrogen (secondary N) is 1. The van der Waals surface area contributed by atoms with Crippen molar-refractivity contribution < 1.29 is 4.74 Å². The zero-order chi connectivity index (χ0) is 13.7. The third-order valence-electron chi connectivity index (χ3n) is 3.81. The lowest BCUT2D eigenvalue weighted by atomic mass is 9.95. The van der Waals surface area contributed by atoms with Crippen molar-refractivity contribution >= 4 is 21.6 Å². The highest BCUT2D eigenvalue weighted by Gasteiger charge is 2.30. The van der Waals surface area contributed by atoms with Gasteiger partial charge < -0.3 is 10.1 Å². The Morgan fingerprint density at radius 3 is 3.05 bits per heavy atom. The standard InChI is InChI=1S/C15H23BrN2O/c1-15(19-2)7-4-9-18(12-15)10-8-17-14-6-3-5-13(16)11-14/h3,5-6,11,17H,4,7-10,12H2,1-2H3. The molecule has 1 aliphatic heterocycles. The van der Waals surface area contributed by atoms with Gasteiger partial charge in [0.05, 0.1) is 5.60 Å². The van der Waals surface area contributed by atoms with Gasteiger partial charge in [-0.2, -0.15) is 0 Å². The monoisotopic (exact) mass is 326 g/mol. The topological polar surface area (TPSA) is 24.5 Å². The molecule has 0 saturated carbocycles. The van der Waals surface area contributed by atoms with Crippen LogP contribution in [0.1, 0.15) is 19.8 Å². The second-order valence-corrected chi connectivity index (χ2v) is 6.39. The predicted octanol–water partition coefficient (Wildman–Crippen LogP) is 3.36. The van der Waals surface area contributed by atoms with Crippen molar-refractivity contribution in [1.82, 2.24) is 4.90 Å². The van der Waals surface area contributed by atoms with Gasteiger partial charge in [-0.1, -0.05) is 22.0 Å². The third-order valence-corrected chi connectivity index (χ3v) is 4.31. The van der Waals surface area contributed by atoms with Crippen LogP contribution in [0.25, 0.3) is 0 Å². The van der Waals surface area contributed by atoms with Crippen molar-refractivity contribution in [2.45, 2.75) is 25.4 Å². The summed E-state index contributed by atoms with van der Waals surface area (Å²) in [6.07, 6.45) is 2.39. The van der Waals surface area contributed by atoms with Crippen LogP contribution in [0.15, 0.2) is 28.7 Å². The molecule has 19 heavy (non-hydrogen) atoms. The first-order valence-electron chi connectivity index (χ1n) is 6.88. The summed E-state index contributed by atoms with van der Waals surface area (Å²) in [6.45, 7) is 6.45. The minimum absolute atomic E-state index is 0.0357. The summed E-state index contributed by atoms with van der Waals surface area (Å²) in [6, 6.07) is 8.30. The van der Waals surface area contributed by atoms with E-state index in [1.807, 2.05) is 13.2 Å². The van der Waals surface area contributed by atoms with E-state index in [1.54, 1.807) is 0 Å². The van der Waals surface area contributed by atoms with E-state index in [4.69, 9.17) is 4.74 Å². The van der Waals surface area contributed by atoms with Crippen LogP contribution < -0.4 is 5.32 Å². The molecule has 1 fully saturated rings. The summed E-state index contributed by atoms with van der Waals surface area (Å²) in [5.41, 5.74) is 1.20. The second kappa shape index (κ2) is 6.73. The van der Waals surface area contributed by atoms with Crippen molar-refractivity contribution in [2.75, 3.05) is 38.6 Å².